The van der Waals surface area contributed by atoms with E-state index in [-0.39, 0.29) is 11.8 Å². The summed E-state index contributed by atoms with van der Waals surface area (Å²) >= 11 is 0. The summed E-state index contributed by atoms with van der Waals surface area (Å²) in [6.45, 7) is 0. The van der Waals surface area contributed by atoms with Crippen LogP contribution in [0.25, 0.3) is 0 Å². The first-order valence-electron chi connectivity index (χ1n) is 2.08. The summed E-state index contributed by atoms with van der Waals surface area (Å²) in [5.74, 6) is -0.130. The van der Waals surface area contributed by atoms with E-state index >= 15 is 0 Å². The highest BCUT2D eigenvalue weighted by Gasteiger charge is 1.96. The zero-order chi connectivity index (χ0) is 6.69. The molecule has 9 heavy (non-hydrogen) atoms. The van der Waals surface area contributed by atoms with Gasteiger partial charge in [0.15, 0.2) is 5.82 Å². The van der Waals surface area contributed by atoms with Crippen molar-refractivity contribution in [1.82, 2.24) is 9.97 Å². The average Bonchev–Trinajstić information content (AvgIpc) is 2.34. The lowest BCUT2D eigenvalue weighted by molar-refractivity contribution is 1.22. The molecular formula is C3H2N4O2. The quantitative estimate of drug-likeness (QED) is 0.604. The molecule has 6 nitrogen and oxygen atoms in total. The Labute approximate surface area is 49.2 Å². The van der Waals surface area contributed by atoms with Crippen LogP contribution in [0.2, 0.25) is 0 Å². The molecule has 1 aromatic heterocycles. The Kier molecular flexibility index (Phi) is 1.31. The minimum Gasteiger partial charge on any atom is -0.302 e. The van der Waals surface area contributed by atoms with Crippen LogP contribution in [0.5, 0.6) is 0 Å². The molecule has 6 heteroatoms. The van der Waals surface area contributed by atoms with Gasteiger partial charge in [-0.2, -0.15) is 0 Å². The molecule has 0 fully saturated rings. The molecule has 46 valence electrons. The van der Waals surface area contributed by atoms with E-state index in [1.807, 2.05) is 0 Å². The number of nitroso groups, excluding NO2 is 2. The second-order valence-electron chi connectivity index (χ2n) is 1.27. The summed E-state index contributed by atoms with van der Waals surface area (Å²) in [4.78, 5) is 24.9. The lowest BCUT2D eigenvalue weighted by atomic mass is 10.8. The predicted octanol–water partition coefficient (Wildman–Crippen LogP) is 1.21. The van der Waals surface area contributed by atoms with Gasteiger partial charge in [0.2, 0.25) is 0 Å². The third-order valence-electron chi connectivity index (χ3n) is 0.734. The normalized spacial score (nSPS) is 8.89. The van der Waals surface area contributed by atoms with Crippen molar-refractivity contribution in [3.63, 3.8) is 0 Å². The van der Waals surface area contributed by atoms with E-state index in [1.54, 1.807) is 0 Å². The lowest BCUT2D eigenvalue weighted by Crippen LogP contribution is -1.59. The van der Waals surface area contributed by atoms with E-state index in [9.17, 15) is 9.81 Å². The number of aromatic amines is 1. The maximum atomic E-state index is 9.67. The molecule has 0 saturated heterocycles. The summed E-state index contributed by atoms with van der Waals surface area (Å²) in [7, 11) is 0. The van der Waals surface area contributed by atoms with Gasteiger partial charge in [-0.15, -0.1) is 9.81 Å². The summed E-state index contributed by atoms with van der Waals surface area (Å²) in [5.41, 5.74) is 0. The van der Waals surface area contributed by atoms with E-state index in [4.69, 9.17) is 0 Å². The Hall–Kier alpha value is -1.59. The molecule has 1 heterocycles. The average molecular weight is 126 g/mol. The van der Waals surface area contributed by atoms with Crippen molar-refractivity contribution >= 4 is 11.8 Å². The van der Waals surface area contributed by atoms with Crippen molar-refractivity contribution in [2.24, 2.45) is 10.4 Å². The molecule has 0 amide bonds. The van der Waals surface area contributed by atoms with Crippen LogP contribution < -0.4 is 0 Å². The van der Waals surface area contributed by atoms with Gasteiger partial charge >= 0.3 is 0 Å². The standard InChI is InChI=1S/C3H2N4O2/c8-6-2-1-4-3(5-2)7-9/h1H,(H,4,5). The lowest BCUT2D eigenvalue weighted by Gasteiger charge is -1.71. The Morgan fingerprint density at radius 1 is 1.44 bits per heavy atom. The fourth-order valence-electron chi connectivity index (χ4n) is 0.394. The van der Waals surface area contributed by atoms with Crippen LogP contribution in [-0.4, -0.2) is 9.97 Å². The van der Waals surface area contributed by atoms with E-state index < -0.39 is 0 Å². The van der Waals surface area contributed by atoms with Crippen LogP contribution in [0, 0.1) is 9.81 Å². The van der Waals surface area contributed by atoms with Crippen molar-refractivity contribution in [3.8, 4) is 0 Å². The maximum Gasteiger partial charge on any atom is 0.270 e. The van der Waals surface area contributed by atoms with Gasteiger partial charge in [-0.1, -0.05) is 0 Å². The van der Waals surface area contributed by atoms with Gasteiger partial charge < -0.3 is 4.98 Å². The zero-order valence-electron chi connectivity index (χ0n) is 4.24. The Morgan fingerprint density at radius 3 is 2.56 bits per heavy atom. The van der Waals surface area contributed by atoms with E-state index in [1.165, 1.54) is 0 Å². The fourth-order valence-corrected chi connectivity index (χ4v) is 0.394. The predicted molar refractivity (Wildman–Crippen MR) is 29.5 cm³/mol. The van der Waals surface area contributed by atoms with Crippen molar-refractivity contribution in [1.29, 1.82) is 0 Å². The second-order valence-corrected chi connectivity index (χ2v) is 1.27. The monoisotopic (exact) mass is 126 g/mol. The third-order valence-corrected chi connectivity index (χ3v) is 0.734. The van der Waals surface area contributed by atoms with Gasteiger partial charge in [-0.05, 0) is 5.18 Å². The molecule has 0 aromatic carbocycles. The number of H-pyrrole nitrogens is 1. The van der Waals surface area contributed by atoms with Crippen LogP contribution in [0.1, 0.15) is 0 Å². The minimum atomic E-state index is -0.135. The van der Waals surface area contributed by atoms with Crippen LogP contribution in [0.15, 0.2) is 16.6 Å². The molecule has 0 aliphatic rings. The van der Waals surface area contributed by atoms with Gasteiger partial charge in [0.05, 0.1) is 6.20 Å². The minimum absolute atomic E-state index is 0.00426. The first kappa shape index (κ1) is 5.54. The fraction of sp³-hybridized carbons (Fsp3) is 0. The number of aromatic nitrogens is 2. The van der Waals surface area contributed by atoms with Gasteiger partial charge in [-0.3, -0.25) is 0 Å². The number of nitrogens with one attached hydrogen (secondary N) is 1. The molecule has 0 aliphatic heterocycles. The molecule has 0 aliphatic carbocycles. The summed E-state index contributed by atoms with van der Waals surface area (Å²) in [6.07, 6.45) is 1.13. The molecule has 1 aromatic rings. The number of rotatable bonds is 2. The first-order valence-corrected chi connectivity index (χ1v) is 2.08. The van der Waals surface area contributed by atoms with Crippen molar-refractivity contribution in [3.05, 3.63) is 16.0 Å². The number of hydrogen-bond donors (Lipinski definition) is 1. The molecule has 0 radical (unpaired) electrons. The molecule has 0 saturated carbocycles. The van der Waals surface area contributed by atoms with Gasteiger partial charge in [0, 0.05) is 5.18 Å². The van der Waals surface area contributed by atoms with E-state index in [0.29, 0.717) is 0 Å². The van der Waals surface area contributed by atoms with Crippen molar-refractivity contribution in [2.75, 3.05) is 0 Å². The highest BCUT2D eigenvalue weighted by atomic mass is 16.3. The topological polar surface area (TPSA) is 87.5 Å². The molecule has 0 unspecified atom stereocenters. The third kappa shape index (κ3) is 0.958. The summed E-state index contributed by atoms with van der Waals surface area (Å²) in [6, 6.07) is 0. The Balaban J connectivity index is 2.98. The maximum absolute atomic E-state index is 9.67. The van der Waals surface area contributed by atoms with Gasteiger partial charge in [0.25, 0.3) is 5.95 Å². The number of nitrogens with zero attached hydrogens (tertiary/aromatic N) is 3. The highest BCUT2D eigenvalue weighted by Crippen LogP contribution is 2.11. The molecule has 1 rings (SSSR count). The van der Waals surface area contributed by atoms with Crippen molar-refractivity contribution in [2.45, 2.75) is 0 Å². The number of hydrogen-bond acceptors (Lipinski definition) is 5. The SMILES string of the molecule is O=Nc1cnc(N=O)[nH]1. The smallest absolute Gasteiger partial charge is 0.270 e. The van der Waals surface area contributed by atoms with Crippen molar-refractivity contribution < 1.29 is 0 Å². The van der Waals surface area contributed by atoms with E-state index in [2.05, 4.69) is 20.3 Å². The zero-order valence-corrected chi connectivity index (χ0v) is 4.24. The van der Waals surface area contributed by atoms with Crippen LogP contribution in [0.4, 0.5) is 11.8 Å². The molecule has 0 atom stereocenters. The molecule has 0 spiro atoms. The highest BCUT2D eigenvalue weighted by molar-refractivity contribution is 5.31. The van der Waals surface area contributed by atoms with Crippen LogP contribution >= 0.6 is 0 Å². The van der Waals surface area contributed by atoms with Crippen LogP contribution in [-0.2, 0) is 0 Å². The molecule has 0 bridgehead atoms. The van der Waals surface area contributed by atoms with E-state index in [0.717, 1.165) is 6.20 Å². The Morgan fingerprint density at radius 2 is 2.22 bits per heavy atom. The van der Waals surface area contributed by atoms with Crippen LogP contribution in [0.3, 0.4) is 0 Å². The van der Waals surface area contributed by atoms with Gasteiger partial charge in [-0.25, -0.2) is 4.98 Å². The molecular weight excluding hydrogens is 124 g/mol. The summed E-state index contributed by atoms with van der Waals surface area (Å²) < 4.78 is 0. The summed E-state index contributed by atoms with van der Waals surface area (Å²) in [5, 5.41) is 4.90. The van der Waals surface area contributed by atoms with Gasteiger partial charge in [0.1, 0.15) is 0 Å². The number of imidazole rings is 1. The second kappa shape index (κ2) is 2.12. The largest absolute Gasteiger partial charge is 0.302 e. The molecule has 1 N–H and O–H groups in total. The first-order chi connectivity index (χ1) is 4.36. The Bertz CT molecular complexity index is 207.